The maximum Gasteiger partial charge on any atom is 0.307 e. The lowest BCUT2D eigenvalue weighted by Crippen LogP contribution is -2.32. The molecule has 0 amide bonds. The number of carboxylic acid groups (broad SMARTS) is 1. The Morgan fingerprint density at radius 3 is 2.79 bits per heavy atom. The van der Waals surface area contributed by atoms with Gasteiger partial charge in [0.1, 0.15) is 5.75 Å². The van der Waals surface area contributed by atoms with Gasteiger partial charge in [-0.3, -0.25) is 4.79 Å². The average molecular weight is 280 g/mol. The van der Waals surface area contributed by atoms with Crippen LogP contribution in [0.4, 0.5) is 0 Å². The molecule has 0 bridgehead atoms. The van der Waals surface area contributed by atoms with Crippen LogP contribution in [0.1, 0.15) is 26.2 Å². The second-order valence-electron chi connectivity index (χ2n) is 5.17. The van der Waals surface area contributed by atoms with Crippen molar-refractivity contribution < 1.29 is 14.6 Å². The zero-order valence-electron chi connectivity index (χ0n) is 11.3. The van der Waals surface area contributed by atoms with Gasteiger partial charge in [0.15, 0.2) is 0 Å². The molecule has 0 aromatic heterocycles. The monoisotopic (exact) mass is 280 g/mol. The Bertz CT molecular complexity index is 447. The third-order valence-corrected chi connectivity index (χ3v) is 5.13. The quantitative estimate of drug-likeness (QED) is 0.914. The molecular weight excluding hydrogens is 260 g/mol. The normalized spacial score (nSPS) is 26.9. The molecule has 104 valence electrons. The molecule has 1 aromatic carbocycles. The molecule has 1 saturated carbocycles. The molecule has 3 unspecified atom stereocenters. The Kier molecular flexibility index (Phi) is 4.75. The van der Waals surface area contributed by atoms with E-state index in [1.165, 1.54) is 0 Å². The third kappa shape index (κ3) is 3.44. The van der Waals surface area contributed by atoms with E-state index in [2.05, 4.69) is 6.92 Å². The van der Waals surface area contributed by atoms with Crippen molar-refractivity contribution in [3.05, 3.63) is 24.3 Å². The van der Waals surface area contributed by atoms with Crippen LogP contribution in [-0.4, -0.2) is 23.4 Å². The standard InChI is InChI=1S/C15H20O3S/c1-10-7-8-11(15(16)17)14(9-10)19-13-6-4-3-5-12(13)18-2/h3-6,10-11,14H,7-9H2,1-2H3,(H,16,17). The molecule has 4 heteroatoms. The van der Waals surface area contributed by atoms with Crippen molar-refractivity contribution in [2.24, 2.45) is 11.8 Å². The minimum Gasteiger partial charge on any atom is -0.496 e. The van der Waals surface area contributed by atoms with E-state index in [-0.39, 0.29) is 11.2 Å². The predicted molar refractivity (Wildman–Crippen MR) is 76.8 cm³/mol. The summed E-state index contributed by atoms with van der Waals surface area (Å²) in [6.07, 6.45) is 2.75. The summed E-state index contributed by atoms with van der Waals surface area (Å²) in [5.41, 5.74) is 0. The van der Waals surface area contributed by atoms with Gasteiger partial charge in [-0.25, -0.2) is 0 Å². The van der Waals surface area contributed by atoms with E-state index in [0.717, 1.165) is 29.9 Å². The van der Waals surface area contributed by atoms with Gasteiger partial charge < -0.3 is 9.84 Å². The Morgan fingerprint density at radius 2 is 2.11 bits per heavy atom. The SMILES string of the molecule is COc1ccccc1SC1CC(C)CCC1C(=O)O. The van der Waals surface area contributed by atoms with Crippen LogP contribution >= 0.6 is 11.8 Å². The maximum atomic E-state index is 11.4. The molecule has 1 fully saturated rings. The highest BCUT2D eigenvalue weighted by molar-refractivity contribution is 8.00. The number of carboxylic acids is 1. The highest BCUT2D eigenvalue weighted by Gasteiger charge is 2.34. The number of methoxy groups -OCH3 is 1. The van der Waals surface area contributed by atoms with Crippen LogP contribution < -0.4 is 4.74 Å². The number of hydrogen-bond acceptors (Lipinski definition) is 3. The largest absolute Gasteiger partial charge is 0.496 e. The van der Waals surface area contributed by atoms with Crippen LogP contribution in [0.2, 0.25) is 0 Å². The van der Waals surface area contributed by atoms with E-state index >= 15 is 0 Å². The molecular formula is C15H20O3S. The van der Waals surface area contributed by atoms with Crippen molar-refractivity contribution in [1.82, 2.24) is 0 Å². The second kappa shape index (κ2) is 6.33. The lowest BCUT2D eigenvalue weighted by Gasteiger charge is -2.32. The topological polar surface area (TPSA) is 46.5 Å². The lowest BCUT2D eigenvalue weighted by molar-refractivity contribution is -0.142. The summed E-state index contributed by atoms with van der Waals surface area (Å²) in [6.45, 7) is 2.20. The Morgan fingerprint density at radius 1 is 1.37 bits per heavy atom. The number of rotatable bonds is 4. The fourth-order valence-electron chi connectivity index (χ4n) is 2.62. The van der Waals surface area contributed by atoms with Crippen LogP contribution in [0.15, 0.2) is 29.2 Å². The average Bonchev–Trinajstić information content (AvgIpc) is 2.39. The van der Waals surface area contributed by atoms with Gasteiger partial charge >= 0.3 is 5.97 Å². The van der Waals surface area contributed by atoms with E-state index in [4.69, 9.17) is 4.74 Å². The summed E-state index contributed by atoms with van der Waals surface area (Å²) in [5.74, 6) is 0.517. The van der Waals surface area contributed by atoms with E-state index in [9.17, 15) is 9.90 Å². The van der Waals surface area contributed by atoms with Gasteiger partial charge in [-0.1, -0.05) is 19.1 Å². The van der Waals surface area contributed by atoms with E-state index < -0.39 is 5.97 Å². The van der Waals surface area contributed by atoms with Crippen LogP contribution in [0, 0.1) is 11.8 Å². The van der Waals surface area contributed by atoms with E-state index in [0.29, 0.717) is 5.92 Å². The van der Waals surface area contributed by atoms with Crippen molar-refractivity contribution in [1.29, 1.82) is 0 Å². The van der Waals surface area contributed by atoms with Crippen LogP contribution in [0.5, 0.6) is 5.75 Å². The molecule has 19 heavy (non-hydrogen) atoms. The minimum atomic E-state index is -0.667. The van der Waals surface area contributed by atoms with Crippen LogP contribution in [0.25, 0.3) is 0 Å². The number of ether oxygens (including phenoxy) is 1. The number of thioether (sulfide) groups is 1. The number of hydrogen-bond donors (Lipinski definition) is 1. The first kappa shape index (κ1) is 14.3. The molecule has 0 radical (unpaired) electrons. The number of para-hydroxylation sites is 1. The molecule has 0 spiro atoms. The highest BCUT2D eigenvalue weighted by atomic mass is 32.2. The fraction of sp³-hybridized carbons (Fsp3) is 0.533. The number of aliphatic carboxylic acids is 1. The van der Waals surface area contributed by atoms with Gasteiger partial charge in [-0.15, -0.1) is 11.8 Å². The van der Waals surface area contributed by atoms with Gasteiger partial charge in [0, 0.05) is 10.1 Å². The molecule has 3 nitrogen and oxygen atoms in total. The van der Waals surface area contributed by atoms with Crippen molar-refractivity contribution in [3.63, 3.8) is 0 Å². The van der Waals surface area contributed by atoms with Gasteiger partial charge in [0.25, 0.3) is 0 Å². The molecule has 1 N–H and O–H groups in total. The number of benzene rings is 1. The van der Waals surface area contributed by atoms with Gasteiger partial charge in [0.2, 0.25) is 0 Å². The Hall–Kier alpha value is -1.16. The third-order valence-electron chi connectivity index (χ3n) is 3.72. The highest BCUT2D eigenvalue weighted by Crippen LogP contribution is 2.42. The summed E-state index contributed by atoms with van der Waals surface area (Å²) in [7, 11) is 1.65. The van der Waals surface area contributed by atoms with Crippen LogP contribution in [0.3, 0.4) is 0 Å². The molecule has 1 aliphatic carbocycles. The maximum absolute atomic E-state index is 11.4. The summed E-state index contributed by atoms with van der Waals surface area (Å²) in [6, 6.07) is 7.82. The smallest absolute Gasteiger partial charge is 0.307 e. The summed E-state index contributed by atoms with van der Waals surface area (Å²) < 4.78 is 5.34. The predicted octanol–water partition coefficient (Wildman–Crippen LogP) is 3.68. The summed E-state index contributed by atoms with van der Waals surface area (Å²) in [5, 5.41) is 9.49. The molecule has 1 aromatic rings. The molecule has 0 saturated heterocycles. The van der Waals surface area contributed by atoms with Crippen LogP contribution in [-0.2, 0) is 4.79 Å². The van der Waals surface area contributed by atoms with Crippen molar-refractivity contribution in [2.45, 2.75) is 36.3 Å². The number of carbonyl (C=O) groups is 1. The van der Waals surface area contributed by atoms with E-state index in [1.807, 2.05) is 24.3 Å². The van der Waals surface area contributed by atoms with E-state index in [1.54, 1.807) is 18.9 Å². The Balaban J connectivity index is 2.16. The van der Waals surface area contributed by atoms with Crippen molar-refractivity contribution in [3.8, 4) is 5.75 Å². The van der Waals surface area contributed by atoms with Crippen molar-refractivity contribution in [2.75, 3.05) is 7.11 Å². The first-order valence-corrected chi connectivity index (χ1v) is 7.52. The first-order valence-electron chi connectivity index (χ1n) is 6.64. The molecule has 0 heterocycles. The van der Waals surface area contributed by atoms with Gasteiger partial charge in [-0.05, 0) is 37.3 Å². The minimum absolute atomic E-state index is 0.137. The van der Waals surface area contributed by atoms with Gasteiger partial charge in [-0.2, -0.15) is 0 Å². The zero-order valence-corrected chi connectivity index (χ0v) is 12.2. The lowest BCUT2D eigenvalue weighted by atomic mass is 9.82. The molecule has 0 aliphatic heterocycles. The molecule has 3 atom stereocenters. The van der Waals surface area contributed by atoms with Gasteiger partial charge in [0.05, 0.1) is 13.0 Å². The fourth-order valence-corrected chi connectivity index (χ4v) is 4.21. The zero-order chi connectivity index (χ0) is 13.8. The molecule has 2 rings (SSSR count). The van der Waals surface area contributed by atoms with Crippen molar-refractivity contribution >= 4 is 17.7 Å². The second-order valence-corrected chi connectivity index (χ2v) is 6.45. The first-order chi connectivity index (χ1) is 9.11. The molecule has 1 aliphatic rings. The summed E-state index contributed by atoms with van der Waals surface area (Å²) >= 11 is 1.65. The summed E-state index contributed by atoms with van der Waals surface area (Å²) in [4.78, 5) is 12.4. The Labute approximate surface area is 118 Å².